The lowest BCUT2D eigenvalue weighted by Gasteiger charge is -1.70. The maximum absolute atomic E-state index is 3.78. The minimum Gasteiger partial charge on any atom is -0.265 e. The quantitative estimate of drug-likeness (QED) is 0.253. The van der Waals surface area contributed by atoms with Crippen LogP contribution in [0.2, 0.25) is 0 Å². The van der Waals surface area contributed by atoms with Crippen molar-refractivity contribution in [2.45, 2.75) is 0 Å². The third-order valence-corrected chi connectivity index (χ3v) is 2.27. The average Bonchev–Trinajstić information content (AvgIpc) is 2.75. The van der Waals surface area contributed by atoms with E-state index in [1.807, 2.05) is 72.8 Å². The maximum Gasteiger partial charge on any atom is 0.0267 e. The molecule has 0 fully saturated rings. The first-order chi connectivity index (χ1) is 12.0. The molecule has 0 aliphatic rings. The molecule has 4 nitrogen and oxygen atoms in total. The van der Waals surface area contributed by atoms with Gasteiger partial charge in [0.25, 0.3) is 0 Å². The number of rotatable bonds is 0. The minimum atomic E-state index is 0. The first-order valence-corrected chi connectivity index (χ1v) is 7.40. The molecule has 0 unspecified atom stereocenters. The van der Waals surface area contributed by atoms with Crippen LogP contribution in [0.15, 0.2) is 122 Å². The predicted octanol–water partition coefficient (Wildman–Crippen LogP) is 6.31. The van der Waals surface area contributed by atoms with Crippen molar-refractivity contribution in [3.05, 3.63) is 122 Å². The van der Waals surface area contributed by atoms with Crippen molar-refractivity contribution in [3.63, 3.8) is 0 Å². The van der Waals surface area contributed by atoms with Gasteiger partial charge in [0.05, 0.1) is 0 Å². The lowest BCUT2D eigenvalue weighted by atomic mass is 10.5. The van der Waals surface area contributed by atoms with E-state index in [-0.39, 0.29) is 52.4 Å². The van der Waals surface area contributed by atoms with E-state index < -0.39 is 0 Å². The number of nitrogens with zero attached hydrogens (tertiary/aromatic N) is 4. The second-order valence-electron chi connectivity index (χ2n) is 4.10. The van der Waals surface area contributed by atoms with Crippen LogP contribution in [0.4, 0.5) is 0 Å². The number of hydrogen-bond donors (Lipinski definition) is 0. The van der Waals surface area contributed by atoms with E-state index in [2.05, 4.69) is 19.9 Å². The van der Waals surface area contributed by atoms with Crippen LogP contribution in [-0.2, 0) is 0 Å². The summed E-state index contributed by atoms with van der Waals surface area (Å²) < 4.78 is 0. The van der Waals surface area contributed by atoms with Crippen molar-refractivity contribution in [1.29, 1.82) is 0 Å². The van der Waals surface area contributed by atoms with Gasteiger partial charge in [-0.1, -0.05) is 24.3 Å². The van der Waals surface area contributed by atoms with Crippen LogP contribution in [-0.4, -0.2) is 19.9 Å². The summed E-state index contributed by atoms with van der Waals surface area (Å²) in [6, 6.07) is 22.9. The standard InChI is InChI=1S/4C5H5N.3BrH.H2/c4*1-2-4-6-5-3-1;;;;/h4*1-5H;4*1H. The monoisotopic (exact) mass is 558 g/mol. The molecule has 27 heavy (non-hydrogen) atoms. The highest BCUT2D eigenvalue weighted by Gasteiger charge is 1.60. The maximum atomic E-state index is 3.78. The van der Waals surface area contributed by atoms with Gasteiger partial charge in [-0.25, -0.2) is 0 Å². The van der Waals surface area contributed by atoms with Crippen molar-refractivity contribution in [2.24, 2.45) is 0 Å². The SMILES string of the molecule is Br.Br.Br.[HH].c1ccncc1.c1ccncc1.c1ccncc1.c1ccncc1. The first-order valence-electron chi connectivity index (χ1n) is 7.40. The zero-order valence-corrected chi connectivity index (χ0v) is 19.7. The molecule has 0 aliphatic carbocycles. The summed E-state index contributed by atoms with van der Waals surface area (Å²) >= 11 is 0. The Morgan fingerprint density at radius 3 is 0.444 bits per heavy atom. The highest BCUT2D eigenvalue weighted by Crippen LogP contribution is 1.75. The molecule has 0 radical (unpaired) electrons. The molecular formula is C20H25Br3N4. The van der Waals surface area contributed by atoms with E-state index in [9.17, 15) is 0 Å². The van der Waals surface area contributed by atoms with E-state index in [4.69, 9.17) is 0 Å². The Kier molecular flexibility index (Phi) is 29.0. The molecule has 4 heterocycles. The molecule has 146 valence electrons. The molecule has 0 spiro atoms. The molecule has 0 aromatic carbocycles. The topological polar surface area (TPSA) is 51.6 Å². The molecular weight excluding hydrogens is 536 g/mol. The largest absolute Gasteiger partial charge is 0.265 e. The Morgan fingerprint density at radius 2 is 0.407 bits per heavy atom. The van der Waals surface area contributed by atoms with Gasteiger partial charge >= 0.3 is 0 Å². The number of pyridine rings is 4. The predicted molar refractivity (Wildman–Crippen MR) is 130 cm³/mol. The van der Waals surface area contributed by atoms with Crippen LogP contribution in [0.25, 0.3) is 0 Å². The summed E-state index contributed by atoms with van der Waals surface area (Å²) in [5, 5.41) is 0. The average molecular weight is 561 g/mol. The zero-order valence-electron chi connectivity index (χ0n) is 14.6. The summed E-state index contributed by atoms with van der Waals surface area (Å²) in [7, 11) is 0. The highest BCUT2D eigenvalue weighted by molar-refractivity contribution is 8.93. The van der Waals surface area contributed by atoms with Crippen molar-refractivity contribution >= 4 is 50.9 Å². The number of halogens is 3. The van der Waals surface area contributed by atoms with Crippen molar-refractivity contribution in [3.8, 4) is 0 Å². The van der Waals surface area contributed by atoms with Crippen molar-refractivity contribution in [2.75, 3.05) is 0 Å². The molecule has 4 aromatic heterocycles. The zero-order chi connectivity index (χ0) is 17.0. The third-order valence-electron chi connectivity index (χ3n) is 2.27. The first kappa shape index (κ1) is 29.8. The van der Waals surface area contributed by atoms with Gasteiger partial charge in [-0.15, -0.1) is 50.9 Å². The van der Waals surface area contributed by atoms with E-state index in [1.165, 1.54) is 0 Å². The Morgan fingerprint density at radius 1 is 0.259 bits per heavy atom. The number of aromatic nitrogens is 4. The van der Waals surface area contributed by atoms with E-state index >= 15 is 0 Å². The molecule has 0 amide bonds. The second-order valence-corrected chi connectivity index (χ2v) is 4.10. The summed E-state index contributed by atoms with van der Waals surface area (Å²) in [6.07, 6.45) is 14.0. The Hall–Kier alpha value is -1.96. The molecule has 4 rings (SSSR count). The van der Waals surface area contributed by atoms with Gasteiger partial charge in [0.15, 0.2) is 0 Å². The molecule has 0 saturated heterocycles. The summed E-state index contributed by atoms with van der Waals surface area (Å²) in [5.41, 5.74) is 0. The van der Waals surface area contributed by atoms with Crippen LogP contribution in [0, 0.1) is 0 Å². The Bertz CT molecular complexity index is 449. The van der Waals surface area contributed by atoms with Gasteiger partial charge in [0.2, 0.25) is 0 Å². The van der Waals surface area contributed by atoms with Crippen LogP contribution in [0.5, 0.6) is 0 Å². The third kappa shape index (κ3) is 24.0. The van der Waals surface area contributed by atoms with E-state index in [1.54, 1.807) is 49.6 Å². The summed E-state index contributed by atoms with van der Waals surface area (Å²) in [6.45, 7) is 0. The Labute approximate surface area is 194 Å². The summed E-state index contributed by atoms with van der Waals surface area (Å²) in [4.78, 5) is 15.1. The molecule has 0 saturated carbocycles. The molecule has 7 heteroatoms. The van der Waals surface area contributed by atoms with Gasteiger partial charge < -0.3 is 0 Å². The van der Waals surface area contributed by atoms with Crippen LogP contribution in [0.1, 0.15) is 1.43 Å². The van der Waals surface area contributed by atoms with Gasteiger partial charge in [-0.2, -0.15) is 0 Å². The van der Waals surface area contributed by atoms with Crippen molar-refractivity contribution in [1.82, 2.24) is 19.9 Å². The van der Waals surface area contributed by atoms with Crippen LogP contribution < -0.4 is 0 Å². The second kappa shape index (κ2) is 26.3. The highest BCUT2D eigenvalue weighted by atomic mass is 79.9. The van der Waals surface area contributed by atoms with Crippen LogP contribution in [0.3, 0.4) is 0 Å². The minimum absolute atomic E-state index is 0. The normalized spacial score (nSPS) is 7.11. The summed E-state index contributed by atoms with van der Waals surface area (Å²) in [5.74, 6) is 0. The molecule has 0 N–H and O–H groups in total. The lowest BCUT2D eigenvalue weighted by molar-refractivity contribution is 1.33. The molecule has 0 atom stereocenters. The van der Waals surface area contributed by atoms with Gasteiger partial charge in [-0.3, -0.25) is 19.9 Å². The van der Waals surface area contributed by atoms with Gasteiger partial charge in [-0.05, 0) is 48.5 Å². The fraction of sp³-hybridized carbons (Fsp3) is 0. The van der Waals surface area contributed by atoms with Gasteiger partial charge in [0.1, 0.15) is 0 Å². The van der Waals surface area contributed by atoms with E-state index in [0.29, 0.717) is 0 Å². The fourth-order valence-electron chi connectivity index (χ4n) is 1.25. The van der Waals surface area contributed by atoms with E-state index in [0.717, 1.165) is 0 Å². The number of hydrogen-bond acceptors (Lipinski definition) is 4. The van der Waals surface area contributed by atoms with Crippen molar-refractivity contribution < 1.29 is 1.43 Å². The fourth-order valence-corrected chi connectivity index (χ4v) is 1.25. The lowest BCUT2D eigenvalue weighted by Crippen LogP contribution is -1.58. The smallest absolute Gasteiger partial charge is 0.0267 e. The Balaban J connectivity index is -0.000000131. The van der Waals surface area contributed by atoms with Crippen LogP contribution >= 0.6 is 50.9 Å². The molecule has 0 aliphatic heterocycles. The van der Waals surface area contributed by atoms with Gasteiger partial charge in [0, 0.05) is 51.0 Å². The molecule has 4 aromatic rings. The molecule has 0 bridgehead atoms.